The van der Waals surface area contributed by atoms with Crippen LogP contribution in [0.3, 0.4) is 0 Å². The molecule has 2 saturated heterocycles. The number of amides is 1. The summed E-state index contributed by atoms with van der Waals surface area (Å²) in [5.74, 6) is -0.360. The van der Waals surface area contributed by atoms with Gasteiger partial charge in [0.25, 0.3) is 0 Å². The quantitative estimate of drug-likeness (QED) is 0.459. The Morgan fingerprint density at radius 3 is 2.74 bits per heavy atom. The fourth-order valence-electron chi connectivity index (χ4n) is 6.84. The monoisotopic (exact) mass is 579 g/mol. The minimum atomic E-state index is -1.49. The van der Waals surface area contributed by atoms with Crippen molar-refractivity contribution in [3.05, 3.63) is 59.3 Å². The summed E-state index contributed by atoms with van der Waals surface area (Å²) in [6, 6.07) is 8.52. The summed E-state index contributed by atoms with van der Waals surface area (Å²) in [5, 5.41) is 20.0. The second kappa shape index (κ2) is 10.9. The zero-order valence-corrected chi connectivity index (χ0v) is 25.2. The van der Waals surface area contributed by atoms with Crippen LogP contribution in [0.2, 0.25) is 0 Å². The molecule has 1 aromatic carbocycles. The summed E-state index contributed by atoms with van der Waals surface area (Å²) < 4.78 is 21.1. The van der Waals surface area contributed by atoms with Gasteiger partial charge in [0, 0.05) is 61.8 Å². The van der Waals surface area contributed by atoms with Gasteiger partial charge in [-0.2, -0.15) is 5.10 Å². The lowest BCUT2D eigenvalue weighted by Crippen LogP contribution is -2.62. The number of ether oxygens (including phenoxy) is 1. The minimum absolute atomic E-state index is 0.0165. The Morgan fingerprint density at radius 1 is 1.24 bits per heavy atom. The van der Waals surface area contributed by atoms with Gasteiger partial charge in [0.15, 0.2) is 5.65 Å². The number of nitrogens with zero attached hydrogens (tertiary/aromatic N) is 6. The molecule has 42 heavy (non-hydrogen) atoms. The van der Waals surface area contributed by atoms with E-state index >= 15 is 0 Å². The van der Waals surface area contributed by atoms with E-state index in [1.54, 1.807) is 23.6 Å². The van der Waals surface area contributed by atoms with Gasteiger partial charge in [-0.3, -0.25) is 14.6 Å². The van der Waals surface area contributed by atoms with Gasteiger partial charge >= 0.3 is 0 Å². The fourth-order valence-corrected chi connectivity index (χ4v) is 6.84. The van der Waals surface area contributed by atoms with Crippen LogP contribution in [0.1, 0.15) is 51.4 Å². The Bertz CT molecular complexity index is 1460. The number of halogens is 1. The van der Waals surface area contributed by atoms with Crippen molar-refractivity contribution in [1.82, 2.24) is 29.7 Å². The number of pyridine rings is 1. The number of rotatable bonds is 6. The molecule has 3 aromatic rings. The van der Waals surface area contributed by atoms with Crippen LogP contribution >= 0.6 is 0 Å². The summed E-state index contributed by atoms with van der Waals surface area (Å²) in [5.41, 5.74) is 1.27. The molecule has 11 heteroatoms. The lowest BCUT2D eigenvalue weighted by Gasteiger charge is -2.43. The predicted molar refractivity (Wildman–Crippen MR) is 158 cm³/mol. The maximum atomic E-state index is 14.2. The molecular formula is C31H42FN7O3. The number of carbonyl (C=O) groups excluding carboxylic acids is 1. The highest BCUT2D eigenvalue weighted by Crippen LogP contribution is 2.44. The van der Waals surface area contributed by atoms with E-state index in [2.05, 4.69) is 52.9 Å². The molecule has 1 amide bonds. The van der Waals surface area contributed by atoms with Crippen LogP contribution < -0.4 is 10.2 Å². The van der Waals surface area contributed by atoms with Crippen molar-refractivity contribution in [2.24, 2.45) is 0 Å². The molecule has 0 bridgehead atoms. The number of nitrogens with one attached hydrogen (secondary N) is 1. The van der Waals surface area contributed by atoms with Gasteiger partial charge in [0.05, 0.1) is 31.1 Å². The minimum Gasteiger partial charge on any atom is -0.381 e. The van der Waals surface area contributed by atoms with E-state index in [4.69, 9.17) is 4.74 Å². The molecule has 0 spiro atoms. The Balaban J connectivity index is 1.33. The number of carbonyl (C=O) groups is 1. The van der Waals surface area contributed by atoms with Crippen LogP contribution in [0, 0.1) is 5.82 Å². The molecule has 0 saturated carbocycles. The predicted octanol–water partition coefficient (Wildman–Crippen LogP) is 2.13. The van der Waals surface area contributed by atoms with Crippen LogP contribution in [-0.4, -0.2) is 106 Å². The van der Waals surface area contributed by atoms with Crippen molar-refractivity contribution in [2.45, 2.75) is 63.8 Å². The summed E-state index contributed by atoms with van der Waals surface area (Å²) in [6.07, 6.45) is 1.47. The number of aromatic nitrogens is 3. The molecule has 226 valence electrons. The van der Waals surface area contributed by atoms with E-state index in [-0.39, 0.29) is 23.8 Å². The molecular weight excluding hydrogens is 537 g/mol. The van der Waals surface area contributed by atoms with Crippen LogP contribution in [-0.2, 0) is 20.5 Å². The Hall–Kier alpha value is -2.96. The zero-order valence-electron chi connectivity index (χ0n) is 25.2. The average molecular weight is 580 g/mol. The topological polar surface area (TPSA) is 98.5 Å². The second-order valence-electron chi connectivity index (χ2n) is 13.0. The van der Waals surface area contributed by atoms with Gasteiger partial charge in [-0.1, -0.05) is 26.0 Å². The number of fused-ring (bicyclic) bond motifs is 3. The van der Waals surface area contributed by atoms with E-state index in [1.165, 1.54) is 18.5 Å². The number of hydrogen-bond donors (Lipinski definition) is 2. The van der Waals surface area contributed by atoms with Gasteiger partial charge in [-0.25, -0.2) is 13.9 Å². The third-order valence-electron chi connectivity index (χ3n) is 9.26. The molecule has 3 aliphatic heterocycles. The highest BCUT2D eigenvalue weighted by atomic mass is 19.1. The highest BCUT2D eigenvalue weighted by molar-refractivity contribution is 5.98. The molecule has 5 heterocycles. The van der Waals surface area contributed by atoms with Crippen LogP contribution in [0.25, 0.3) is 5.65 Å². The lowest BCUT2D eigenvalue weighted by atomic mass is 9.86. The molecule has 4 atom stereocenters. The van der Waals surface area contributed by atoms with Crippen molar-refractivity contribution in [2.75, 3.05) is 57.4 Å². The van der Waals surface area contributed by atoms with Gasteiger partial charge < -0.3 is 20.1 Å². The van der Waals surface area contributed by atoms with E-state index < -0.39 is 11.0 Å². The van der Waals surface area contributed by atoms with Crippen LogP contribution in [0.4, 0.5) is 10.1 Å². The molecule has 1 unspecified atom stereocenters. The number of morpholine rings is 1. The highest BCUT2D eigenvalue weighted by Gasteiger charge is 2.44. The number of piperazine rings is 1. The van der Waals surface area contributed by atoms with Gasteiger partial charge in [-0.15, -0.1) is 0 Å². The Kier molecular flexibility index (Phi) is 7.59. The first-order chi connectivity index (χ1) is 20.0. The van der Waals surface area contributed by atoms with Crippen molar-refractivity contribution in [3.8, 4) is 0 Å². The second-order valence-corrected chi connectivity index (χ2v) is 13.0. The molecule has 3 aliphatic rings. The lowest BCUT2D eigenvalue weighted by molar-refractivity contribution is -0.121. The van der Waals surface area contributed by atoms with Crippen LogP contribution in [0.15, 0.2) is 36.7 Å². The maximum absolute atomic E-state index is 14.2. The van der Waals surface area contributed by atoms with E-state index in [0.29, 0.717) is 35.9 Å². The van der Waals surface area contributed by atoms with Crippen molar-refractivity contribution >= 4 is 17.2 Å². The number of aliphatic hydroxyl groups is 1. The molecule has 6 rings (SSSR count). The van der Waals surface area contributed by atoms with Gasteiger partial charge in [-0.05, 0) is 44.5 Å². The Morgan fingerprint density at radius 2 is 2.00 bits per heavy atom. The molecule has 0 radical (unpaired) electrons. The Labute approximate surface area is 246 Å². The van der Waals surface area contributed by atoms with Crippen molar-refractivity contribution in [3.63, 3.8) is 0 Å². The summed E-state index contributed by atoms with van der Waals surface area (Å²) in [4.78, 5) is 25.3. The zero-order chi connectivity index (χ0) is 29.8. The van der Waals surface area contributed by atoms with E-state index in [0.717, 1.165) is 50.8 Å². The van der Waals surface area contributed by atoms with Crippen molar-refractivity contribution < 1.29 is 19.0 Å². The molecule has 2 aromatic heterocycles. The third-order valence-corrected chi connectivity index (χ3v) is 9.26. The molecule has 2 fully saturated rings. The maximum Gasteiger partial charge on any atom is 0.241 e. The summed E-state index contributed by atoms with van der Waals surface area (Å²) >= 11 is 0. The number of hydrogen-bond acceptors (Lipinski definition) is 8. The SMILES string of the molecule is C[C@@H]1CN(CC(=O)N2CC(C)(C)c3c2cc(C(C)(O)c2ccc(F)cc2)c2ncnn32)[C@@H](CN2CCOC[C@H]2C)CN1. The average Bonchev–Trinajstić information content (AvgIpc) is 3.53. The van der Waals surface area contributed by atoms with Gasteiger partial charge in [0.1, 0.15) is 17.7 Å². The number of anilines is 1. The third kappa shape index (κ3) is 5.22. The first kappa shape index (κ1) is 29.1. The molecule has 10 nitrogen and oxygen atoms in total. The molecule has 0 aliphatic carbocycles. The summed E-state index contributed by atoms with van der Waals surface area (Å²) in [7, 11) is 0. The summed E-state index contributed by atoms with van der Waals surface area (Å²) in [6.45, 7) is 15.9. The smallest absolute Gasteiger partial charge is 0.241 e. The van der Waals surface area contributed by atoms with E-state index in [9.17, 15) is 14.3 Å². The standard InChI is InChI=1S/C31H42FN7O3/c1-20-14-37(24(13-33-20)15-36-10-11-42-17-21(36)2)16-27(40)38-18-30(3,4)28-26(38)12-25(29-34-19-35-39(28)29)31(5,41)22-6-8-23(32)9-7-22/h6-9,12,19-21,24,33,41H,10-11,13-18H2,1-5H3/t20-,21-,24-,31?/m1/s1. The van der Waals surface area contributed by atoms with Crippen LogP contribution in [0.5, 0.6) is 0 Å². The largest absolute Gasteiger partial charge is 0.381 e. The van der Waals surface area contributed by atoms with Crippen molar-refractivity contribution in [1.29, 1.82) is 0 Å². The van der Waals surface area contributed by atoms with Gasteiger partial charge in [0.2, 0.25) is 5.91 Å². The first-order valence-electron chi connectivity index (χ1n) is 14.9. The van der Waals surface area contributed by atoms with E-state index in [1.807, 2.05) is 11.0 Å². The number of benzene rings is 1. The normalized spacial score (nSPS) is 26.4. The fraction of sp³-hybridized carbons (Fsp3) is 0.581. The first-order valence-corrected chi connectivity index (χ1v) is 14.9. The molecule has 2 N–H and O–H groups in total.